The van der Waals surface area contributed by atoms with Gasteiger partial charge in [0.1, 0.15) is 11.5 Å². The van der Waals surface area contributed by atoms with Gasteiger partial charge >= 0.3 is 15.6 Å². The zero-order valence-corrected chi connectivity index (χ0v) is 21.9. The molecule has 8 nitrogen and oxygen atoms in total. The number of hydrogen-bond acceptors (Lipinski definition) is 7. The molecular formula is C26H28F3N3O5S. The fourth-order valence-corrected chi connectivity index (χ4v) is 4.54. The molecule has 38 heavy (non-hydrogen) atoms. The molecule has 5 rings (SSSR count). The second kappa shape index (κ2) is 10.4. The molecule has 1 amide bonds. The lowest BCUT2D eigenvalue weighted by Crippen LogP contribution is -2.35. The summed E-state index contributed by atoms with van der Waals surface area (Å²) >= 11 is 0. The van der Waals surface area contributed by atoms with E-state index in [-0.39, 0.29) is 5.52 Å². The smallest absolute Gasteiger partial charge is 0.497 e. The van der Waals surface area contributed by atoms with Crippen molar-refractivity contribution in [2.45, 2.75) is 37.2 Å². The van der Waals surface area contributed by atoms with E-state index in [2.05, 4.69) is 26.4 Å². The number of methoxy groups -OCH3 is 1. The molecule has 0 radical (unpaired) electrons. The van der Waals surface area contributed by atoms with Crippen molar-refractivity contribution >= 4 is 26.9 Å². The van der Waals surface area contributed by atoms with Crippen LogP contribution in [-0.4, -0.2) is 57.0 Å². The summed E-state index contributed by atoms with van der Waals surface area (Å²) in [5.41, 5.74) is -4.73. The normalized spacial score (nSPS) is 16.6. The van der Waals surface area contributed by atoms with Gasteiger partial charge in [-0.15, -0.1) is 0 Å². The van der Waals surface area contributed by atoms with Crippen molar-refractivity contribution in [3.05, 3.63) is 65.4 Å². The molecule has 1 saturated carbocycles. The average Bonchev–Trinajstić information content (AvgIpc) is 3.62. The molecule has 2 aromatic carbocycles. The first-order valence-corrected chi connectivity index (χ1v) is 13.3. The van der Waals surface area contributed by atoms with Gasteiger partial charge in [-0.2, -0.15) is 21.6 Å². The lowest BCUT2D eigenvalue weighted by molar-refractivity contribution is -0.0500. The molecule has 1 aliphatic heterocycles. The Hall–Kier alpha value is -3.38. The number of ether oxygens (including phenoxy) is 1. The van der Waals surface area contributed by atoms with Gasteiger partial charge in [-0.05, 0) is 81.7 Å². The number of carbonyl (C=O) groups is 1. The summed E-state index contributed by atoms with van der Waals surface area (Å²) in [5, 5.41) is 3.52. The number of halogens is 3. The molecule has 2 fully saturated rings. The number of fused-ring (bicyclic) bond motifs is 1. The predicted octanol–water partition coefficient (Wildman–Crippen LogP) is 4.52. The van der Waals surface area contributed by atoms with Crippen molar-refractivity contribution < 1.29 is 35.3 Å². The molecule has 1 N–H and O–H groups in total. The highest BCUT2D eigenvalue weighted by Crippen LogP contribution is 2.49. The average molecular weight is 552 g/mol. The van der Waals surface area contributed by atoms with Crippen LogP contribution < -0.4 is 14.2 Å². The third-order valence-electron chi connectivity index (χ3n) is 6.57. The molecule has 3 aromatic rings. The standard InChI is InChI=1S/C22H19F3N2O5S.C4H9N/c1-13-5-6-14(31-2)10-17(13)20(28)27-21(7-8-21)18-11-15(32-33(29,30)22(23,24)25)12-19-16(18)4-3-9-26-19;1-5-3-2-4-5/h3-6,9-12H,7-8H2,1-2H3,(H,27,28);2-4H2,1H3. The van der Waals surface area contributed by atoms with Crippen LogP contribution in [-0.2, 0) is 15.7 Å². The molecule has 2 aliphatic rings. The Labute approximate surface area is 218 Å². The van der Waals surface area contributed by atoms with Crippen molar-refractivity contribution in [2.24, 2.45) is 0 Å². The molecule has 0 atom stereocenters. The van der Waals surface area contributed by atoms with E-state index in [1.165, 1.54) is 38.9 Å². The number of aromatic nitrogens is 1. The summed E-state index contributed by atoms with van der Waals surface area (Å²) in [5.74, 6) is -0.431. The van der Waals surface area contributed by atoms with Crippen molar-refractivity contribution in [1.29, 1.82) is 0 Å². The van der Waals surface area contributed by atoms with Gasteiger partial charge in [0.2, 0.25) is 0 Å². The topological polar surface area (TPSA) is 97.8 Å². The van der Waals surface area contributed by atoms with E-state index in [0.717, 1.165) is 6.07 Å². The Morgan fingerprint density at radius 1 is 1.11 bits per heavy atom. The third-order valence-corrected chi connectivity index (χ3v) is 7.55. The lowest BCUT2D eigenvalue weighted by Gasteiger charge is -2.24. The van der Waals surface area contributed by atoms with Crippen LogP contribution in [0.3, 0.4) is 0 Å². The summed E-state index contributed by atoms with van der Waals surface area (Å²) < 4.78 is 71.2. The third kappa shape index (κ3) is 5.86. The Balaban J connectivity index is 0.000000603. The van der Waals surface area contributed by atoms with E-state index in [4.69, 9.17) is 4.74 Å². The van der Waals surface area contributed by atoms with Crippen LogP contribution >= 0.6 is 0 Å². The van der Waals surface area contributed by atoms with Crippen LogP contribution in [0.25, 0.3) is 10.9 Å². The Kier molecular flexibility index (Phi) is 7.57. The highest BCUT2D eigenvalue weighted by molar-refractivity contribution is 7.88. The maximum Gasteiger partial charge on any atom is 0.534 e. The predicted molar refractivity (Wildman–Crippen MR) is 136 cm³/mol. The maximum absolute atomic E-state index is 13.1. The summed E-state index contributed by atoms with van der Waals surface area (Å²) in [6.07, 6.45) is 3.84. The first-order valence-electron chi connectivity index (χ1n) is 11.9. The summed E-state index contributed by atoms with van der Waals surface area (Å²) in [6.45, 7) is 4.41. The molecule has 1 aromatic heterocycles. The quantitative estimate of drug-likeness (QED) is 0.355. The number of hydrogen-bond donors (Lipinski definition) is 1. The summed E-state index contributed by atoms with van der Waals surface area (Å²) in [7, 11) is -2.25. The molecule has 0 unspecified atom stereocenters. The fourth-order valence-electron chi connectivity index (χ4n) is 4.09. The van der Waals surface area contributed by atoms with Crippen LogP contribution in [0.2, 0.25) is 0 Å². The van der Waals surface area contributed by atoms with Crippen molar-refractivity contribution in [3.8, 4) is 11.5 Å². The van der Waals surface area contributed by atoms with Crippen molar-refractivity contribution in [1.82, 2.24) is 15.2 Å². The van der Waals surface area contributed by atoms with Crippen LogP contribution in [0.15, 0.2) is 48.7 Å². The highest BCUT2D eigenvalue weighted by atomic mass is 32.2. The van der Waals surface area contributed by atoms with Gasteiger partial charge < -0.3 is 19.1 Å². The van der Waals surface area contributed by atoms with Gasteiger partial charge in [0.05, 0.1) is 18.2 Å². The molecular weight excluding hydrogens is 523 g/mol. The van der Waals surface area contributed by atoms with E-state index >= 15 is 0 Å². The van der Waals surface area contributed by atoms with E-state index < -0.39 is 32.8 Å². The number of aryl methyl sites for hydroxylation is 1. The van der Waals surface area contributed by atoms with Crippen LogP contribution in [0, 0.1) is 6.92 Å². The minimum atomic E-state index is -5.87. The van der Waals surface area contributed by atoms with Gasteiger partial charge in [0, 0.05) is 23.2 Å². The number of nitrogens with one attached hydrogen (secondary N) is 1. The Bertz CT molecular complexity index is 1450. The van der Waals surface area contributed by atoms with Gasteiger partial charge in [-0.25, -0.2) is 0 Å². The van der Waals surface area contributed by atoms with E-state index in [9.17, 15) is 26.4 Å². The zero-order valence-electron chi connectivity index (χ0n) is 21.1. The number of amides is 1. The number of nitrogens with zero attached hydrogens (tertiary/aromatic N) is 2. The number of pyridine rings is 1. The van der Waals surface area contributed by atoms with Crippen molar-refractivity contribution in [3.63, 3.8) is 0 Å². The van der Waals surface area contributed by atoms with Crippen molar-refractivity contribution in [2.75, 3.05) is 27.2 Å². The monoisotopic (exact) mass is 551 g/mol. The van der Waals surface area contributed by atoms with Gasteiger partial charge in [-0.3, -0.25) is 9.78 Å². The minimum absolute atomic E-state index is 0.237. The molecule has 0 bridgehead atoms. The first-order chi connectivity index (χ1) is 17.8. The van der Waals surface area contributed by atoms with E-state index in [1.807, 2.05) is 0 Å². The molecule has 0 spiro atoms. The highest BCUT2D eigenvalue weighted by Gasteiger charge is 2.50. The Morgan fingerprint density at radius 3 is 2.34 bits per heavy atom. The largest absolute Gasteiger partial charge is 0.534 e. The molecule has 1 saturated heterocycles. The zero-order chi connectivity index (χ0) is 27.7. The van der Waals surface area contributed by atoms with Crippen LogP contribution in [0.5, 0.6) is 11.5 Å². The molecule has 1 aliphatic carbocycles. The van der Waals surface area contributed by atoms with Crippen LogP contribution in [0.4, 0.5) is 13.2 Å². The van der Waals surface area contributed by atoms with Crippen LogP contribution in [0.1, 0.15) is 40.7 Å². The molecule has 2 heterocycles. The molecule has 204 valence electrons. The van der Waals surface area contributed by atoms with Gasteiger partial charge in [0.15, 0.2) is 0 Å². The summed E-state index contributed by atoms with van der Waals surface area (Å²) in [4.78, 5) is 19.5. The maximum atomic E-state index is 13.1. The SMILES string of the molecule is CN1CCC1.COc1ccc(C)c(C(=O)NC2(c3cc(OS(=O)(=O)C(F)(F)F)cc4ncccc34)CC2)c1. The van der Waals surface area contributed by atoms with E-state index in [0.29, 0.717) is 40.7 Å². The number of rotatable bonds is 6. The summed E-state index contributed by atoms with van der Waals surface area (Å²) in [6, 6.07) is 10.7. The van der Waals surface area contributed by atoms with Gasteiger partial charge in [0.25, 0.3) is 5.91 Å². The molecule has 12 heteroatoms. The first kappa shape index (κ1) is 27.6. The minimum Gasteiger partial charge on any atom is -0.497 e. The number of alkyl halides is 3. The number of likely N-dealkylation sites (tertiary alicyclic amines) is 1. The number of carbonyl (C=O) groups excluding carboxylic acids is 1. The Morgan fingerprint density at radius 2 is 1.79 bits per heavy atom. The fraction of sp³-hybridized carbons (Fsp3) is 0.385. The second-order valence-electron chi connectivity index (χ2n) is 9.40. The van der Waals surface area contributed by atoms with Gasteiger partial charge in [-0.1, -0.05) is 12.1 Å². The second-order valence-corrected chi connectivity index (χ2v) is 10.9. The number of benzene rings is 2. The lowest BCUT2D eigenvalue weighted by atomic mass is 9.97. The van der Waals surface area contributed by atoms with E-state index in [1.54, 1.807) is 37.3 Å².